The summed E-state index contributed by atoms with van der Waals surface area (Å²) in [4.78, 5) is 31.3. The first-order valence-corrected chi connectivity index (χ1v) is 13.1. The number of amidine groups is 1. The summed E-state index contributed by atoms with van der Waals surface area (Å²) in [5.74, 6) is 0.112. The fraction of sp³-hybridized carbons (Fsp3) is 0.172. The number of carbonyl (C=O) groups is 2. The van der Waals surface area contributed by atoms with Crippen LogP contribution >= 0.6 is 23.4 Å². The molecule has 1 aliphatic heterocycles. The molecule has 4 rings (SSSR count). The fourth-order valence-corrected chi connectivity index (χ4v) is 4.93. The molecule has 3 aromatic carbocycles. The molecule has 198 valence electrons. The third-order valence-corrected chi connectivity index (χ3v) is 7.01. The number of methoxy groups -OCH3 is 1. The summed E-state index contributed by atoms with van der Waals surface area (Å²) in [5, 5.41) is 10.1. The number of hydrogen-bond acceptors (Lipinski definition) is 8. The van der Waals surface area contributed by atoms with Crippen LogP contribution < -0.4 is 9.47 Å². The van der Waals surface area contributed by atoms with Gasteiger partial charge in [0.05, 0.1) is 46.5 Å². The highest BCUT2D eigenvalue weighted by molar-refractivity contribution is 8.18. The highest BCUT2D eigenvalue weighted by Crippen LogP contribution is 2.39. The van der Waals surface area contributed by atoms with Gasteiger partial charge in [0.15, 0.2) is 16.7 Å². The van der Waals surface area contributed by atoms with Gasteiger partial charge in [0.25, 0.3) is 5.91 Å². The Labute approximate surface area is 235 Å². The largest absolute Gasteiger partial charge is 0.493 e. The maximum atomic E-state index is 12.9. The lowest BCUT2D eigenvalue weighted by atomic mass is 10.1. The molecule has 3 aromatic rings. The molecule has 0 spiro atoms. The van der Waals surface area contributed by atoms with Crippen molar-refractivity contribution in [3.63, 3.8) is 0 Å². The summed E-state index contributed by atoms with van der Waals surface area (Å²) in [6, 6.07) is 19.3. The zero-order chi connectivity index (χ0) is 27.9. The van der Waals surface area contributed by atoms with Crippen molar-refractivity contribution in [3.05, 3.63) is 92.8 Å². The van der Waals surface area contributed by atoms with Gasteiger partial charge in [0.2, 0.25) is 0 Å². The number of nitrogens with zero attached hydrogens (tertiary/aromatic N) is 3. The van der Waals surface area contributed by atoms with Crippen LogP contribution in [0.5, 0.6) is 11.5 Å². The van der Waals surface area contributed by atoms with E-state index in [1.54, 1.807) is 68.6 Å². The van der Waals surface area contributed by atoms with Crippen LogP contribution in [0.15, 0.2) is 70.6 Å². The van der Waals surface area contributed by atoms with Crippen molar-refractivity contribution in [3.8, 4) is 17.6 Å². The van der Waals surface area contributed by atoms with E-state index in [1.807, 2.05) is 12.1 Å². The molecule has 39 heavy (non-hydrogen) atoms. The Balaban J connectivity index is 1.54. The number of carbonyl (C=O) groups excluding carboxylic acids is 2. The lowest BCUT2D eigenvalue weighted by molar-refractivity contribution is -0.121. The minimum Gasteiger partial charge on any atom is -0.493 e. The lowest BCUT2D eigenvalue weighted by Gasteiger charge is -2.14. The molecule has 1 heterocycles. The highest BCUT2D eigenvalue weighted by Gasteiger charge is 2.30. The lowest BCUT2D eigenvalue weighted by Crippen LogP contribution is -2.23. The number of thioether (sulfide) groups is 1. The first-order chi connectivity index (χ1) is 18.8. The summed E-state index contributed by atoms with van der Waals surface area (Å²) < 4.78 is 16.4. The van der Waals surface area contributed by atoms with Crippen LogP contribution in [-0.2, 0) is 16.1 Å². The van der Waals surface area contributed by atoms with Crippen LogP contribution in [0.4, 0.5) is 5.69 Å². The van der Waals surface area contributed by atoms with Gasteiger partial charge < -0.3 is 14.2 Å². The van der Waals surface area contributed by atoms with Crippen LogP contribution in [0.1, 0.15) is 34.0 Å². The Morgan fingerprint density at radius 2 is 1.92 bits per heavy atom. The molecule has 1 aliphatic rings. The molecule has 1 amide bonds. The molecule has 0 atom stereocenters. The van der Waals surface area contributed by atoms with Gasteiger partial charge in [-0.15, -0.1) is 0 Å². The molecule has 8 nitrogen and oxygen atoms in total. The first-order valence-electron chi connectivity index (χ1n) is 11.9. The smallest absolute Gasteiger partial charge is 0.338 e. The van der Waals surface area contributed by atoms with Crippen molar-refractivity contribution in [2.24, 2.45) is 4.99 Å². The molecular formula is C29H24ClN3O5S. The molecule has 0 saturated carbocycles. The number of rotatable bonds is 8. The fourth-order valence-electron chi connectivity index (χ4n) is 3.67. The van der Waals surface area contributed by atoms with Crippen molar-refractivity contribution >= 4 is 52.2 Å². The minimum atomic E-state index is -0.401. The Morgan fingerprint density at radius 3 is 2.62 bits per heavy atom. The normalized spacial score (nSPS) is 14.9. The van der Waals surface area contributed by atoms with E-state index in [0.717, 1.165) is 5.56 Å². The van der Waals surface area contributed by atoms with E-state index in [2.05, 4.69) is 11.1 Å². The van der Waals surface area contributed by atoms with Crippen LogP contribution in [0.2, 0.25) is 5.02 Å². The monoisotopic (exact) mass is 561 g/mol. The Hall–Kier alpha value is -4.26. The van der Waals surface area contributed by atoms with Gasteiger partial charge >= 0.3 is 5.97 Å². The maximum absolute atomic E-state index is 12.9. The van der Waals surface area contributed by atoms with Gasteiger partial charge in [-0.3, -0.25) is 9.69 Å². The molecule has 0 aliphatic carbocycles. The van der Waals surface area contributed by atoms with Crippen molar-refractivity contribution in [1.29, 1.82) is 5.26 Å². The van der Waals surface area contributed by atoms with Gasteiger partial charge in [-0.05, 0) is 72.8 Å². The van der Waals surface area contributed by atoms with Gasteiger partial charge in [-0.25, -0.2) is 9.79 Å². The standard InChI is InChI=1S/C29H24ClN3O5S/c1-4-37-28(35)19-9-11-22(12-10-19)32-29-33(2)27(34)25(39-29)15-18-13-23(30)26(24(14-18)36-3)38-17-21-8-6-5-7-20(21)16-31/h5-15H,4,17H2,1-3H3/b25-15-,32-29?. The van der Waals surface area contributed by atoms with Crippen LogP contribution in [0.3, 0.4) is 0 Å². The Bertz CT molecular complexity index is 1510. The second-order valence-electron chi connectivity index (χ2n) is 8.23. The minimum absolute atomic E-state index is 0.139. The van der Waals surface area contributed by atoms with E-state index >= 15 is 0 Å². The second-order valence-corrected chi connectivity index (χ2v) is 9.64. The van der Waals surface area contributed by atoms with E-state index in [-0.39, 0.29) is 12.5 Å². The number of halogens is 1. The summed E-state index contributed by atoms with van der Waals surface area (Å²) in [6.45, 7) is 2.18. The molecule has 0 N–H and O–H groups in total. The molecule has 0 bridgehead atoms. The van der Waals surface area contributed by atoms with E-state index in [0.29, 0.717) is 55.6 Å². The summed E-state index contributed by atoms with van der Waals surface area (Å²) >= 11 is 7.76. The number of aliphatic imine (C=N–C) groups is 1. The van der Waals surface area contributed by atoms with Crippen LogP contribution in [0.25, 0.3) is 6.08 Å². The summed E-state index contributed by atoms with van der Waals surface area (Å²) in [7, 11) is 3.14. The van der Waals surface area contributed by atoms with Crippen LogP contribution in [-0.4, -0.2) is 42.7 Å². The Morgan fingerprint density at radius 1 is 1.18 bits per heavy atom. The average molecular weight is 562 g/mol. The van der Waals surface area contributed by atoms with E-state index in [9.17, 15) is 14.9 Å². The first kappa shape index (κ1) is 27.8. The molecular weight excluding hydrogens is 538 g/mol. The van der Waals surface area contributed by atoms with Gasteiger partial charge in [-0.2, -0.15) is 5.26 Å². The topological polar surface area (TPSA) is 101 Å². The number of likely N-dealkylation sites (N-methyl/N-ethyl adjacent to an activating group) is 1. The zero-order valence-electron chi connectivity index (χ0n) is 21.4. The molecule has 1 fully saturated rings. The average Bonchev–Trinajstić information content (AvgIpc) is 3.20. The molecule has 0 aromatic heterocycles. The van der Waals surface area contributed by atoms with Gasteiger partial charge in [-0.1, -0.05) is 29.8 Å². The molecule has 0 radical (unpaired) electrons. The number of esters is 1. The number of hydrogen-bond donors (Lipinski definition) is 0. The highest BCUT2D eigenvalue weighted by atomic mass is 35.5. The Kier molecular flexibility index (Phi) is 8.92. The van der Waals surface area contributed by atoms with Gasteiger partial charge in [0.1, 0.15) is 6.61 Å². The summed E-state index contributed by atoms with van der Waals surface area (Å²) in [5.41, 5.74) is 2.91. The third kappa shape index (κ3) is 6.42. The van der Waals surface area contributed by atoms with E-state index < -0.39 is 5.97 Å². The molecule has 10 heteroatoms. The maximum Gasteiger partial charge on any atom is 0.338 e. The van der Waals surface area contributed by atoms with E-state index in [4.69, 9.17) is 25.8 Å². The number of nitriles is 1. The predicted octanol–water partition coefficient (Wildman–Crippen LogP) is 6.21. The molecule has 0 unspecified atom stereocenters. The zero-order valence-corrected chi connectivity index (χ0v) is 23.0. The van der Waals surface area contributed by atoms with Crippen molar-refractivity contribution in [2.45, 2.75) is 13.5 Å². The van der Waals surface area contributed by atoms with Crippen molar-refractivity contribution < 1.29 is 23.8 Å². The number of amides is 1. The van der Waals surface area contributed by atoms with Crippen molar-refractivity contribution in [2.75, 3.05) is 20.8 Å². The predicted molar refractivity (Wildman–Crippen MR) is 151 cm³/mol. The number of benzene rings is 3. The van der Waals surface area contributed by atoms with E-state index in [1.165, 1.54) is 23.8 Å². The van der Waals surface area contributed by atoms with Crippen molar-refractivity contribution in [1.82, 2.24) is 4.90 Å². The summed E-state index contributed by atoms with van der Waals surface area (Å²) in [6.07, 6.45) is 1.71. The SMILES string of the molecule is CCOC(=O)c1ccc(N=C2S/C(=C\c3cc(Cl)c(OCc4ccccc4C#N)c(OC)c3)C(=O)N2C)cc1. The van der Waals surface area contributed by atoms with Gasteiger partial charge in [0, 0.05) is 12.6 Å². The quantitative estimate of drug-likeness (QED) is 0.238. The second kappa shape index (κ2) is 12.5. The third-order valence-electron chi connectivity index (χ3n) is 5.67. The number of ether oxygens (including phenoxy) is 3. The van der Waals surface area contributed by atoms with Crippen LogP contribution in [0, 0.1) is 11.3 Å². The molecule has 1 saturated heterocycles.